The van der Waals surface area contributed by atoms with Gasteiger partial charge in [-0.2, -0.15) is 0 Å². The minimum Gasteiger partial charge on any atom is -0.349 e. The summed E-state index contributed by atoms with van der Waals surface area (Å²) in [5.41, 5.74) is 2.91. The van der Waals surface area contributed by atoms with Gasteiger partial charge in [-0.1, -0.05) is 49.9 Å². The molecular weight excluding hydrogens is 373 g/mol. The number of carbonyl (C=O) groups is 1. The number of amides is 1. The number of carbonyl (C=O) groups excluding carboxylic acids is 1. The monoisotopic (exact) mass is 399 g/mol. The lowest BCUT2D eigenvalue weighted by Gasteiger charge is -2.18. The number of imidazole rings is 1. The number of para-hydroxylation sites is 2. The Kier molecular flexibility index (Phi) is 6.39. The molecule has 0 saturated heterocycles. The zero-order valence-corrected chi connectivity index (χ0v) is 17.5. The van der Waals surface area contributed by atoms with E-state index in [1.54, 1.807) is 12.1 Å². The van der Waals surface area contributed by atoms with Crippen LogP contribution >= 0.6 is 11.8 Å². The third-order valence-electron chi connectivity index (χ3n) is 4.55. The molecule has 0 bridgehead atoms. The van der Waals surface area contributed by atoms with Gasteiger partial charge in [0.05, 0.1) is 22.3 Å². The van der Waals surface area contributed by atoms with Crippen molar-refractivity contribution in [2.45, 2.75) is 50.7 Å². The van der Waals surface area contributed by atoms with Crippen molar-refractivity contribution in [3.8, 4) is 0 Å². The Bertz CT molecular complexity index is 952. The first-order valence-corrected chi connectivity index (χ1v) is 10.4. The molecule has 0 saturated carbocycles. The molecular formula is C22H26FN3OS. The van der Waals surface area contributed by atoms with Gasteiger partial charge < -0.3 is 9.88 Å². The van der Waals surface area contributed by atoms with Gasteiger partial charge in [-0.05, 0) is 49.6 Å². The molecule has 0 spiro atoms. The molecule has 2 aromatic carbocycles. The predicted molar refractivity (Wildman–Crippen MR) is 113 cm³/mol. The fraction of sp³-hybridized carbons (Fsp3) is 0.364. The number of nitrogens with one attached hydrogen (secondary N) is 1. The van der Waals surface area contributed by atoms with Gasteiger partial charge in [0.2, 0.25) is 5.91 Å². The molecule has 0 aliphatic carbocycles. The lowest BCUT2D eigenvalue weighted by Crippen LogP contribution is -2.33. The summed E-state index contributed by atoms with van der Waals surface area (Å²) >= 11 is 1.47. The highest BCUT2D eigenvalue weighted by Gasteiger charge is 2.21. The van der Waals surface area contributed by atoms with E-state index >= 15 is 0 Å². The van der Waals surface area contributed by atoms with Gasteiger partial charge >= 0.3 is 0 Å². The van der Waals surface area contributed by atoms with Crippen LogP contribution in [0.2, 0.25) is 0 Å². The molecule has 2 atom stereocenters. The summed E-state index contributed by atoms with van der Waals surface area (Å²) in [5.74, 6) is 0.125. The SMILES string of the molecule is CC(C)Cn1c(S[C@@H](C)C(=O)N[C@@H](C)c2ccc(F)cc2)nc2ccccc21. The summed E-state index contributed by atoms with van der Waals surface area (Å²) < 4.78 is 15.3. The number of nitrogens with zero attached hydrogens (tertiary/aromatic N) is 2. The van der Waals surface area contributed by atoms with Crippen molar-refractivity contribution in [1.29, 1.82) is 0 Å². The van der Waals surface area contributed by atoms with Crippen LogP contribution in [0.5, 0.6) is 0 Å². The molecule has 0 aliphatic rings. The Balaban J connectivity index is 1.73. The van der Waals surface area contributed by atoms with Gasteiger partial charge in [0.25, 0.3) is 0 Å². The highest BCUT2D eigenvalue weighted by Crippen LogP contribution is 2.28. The van der Waals surface area contributed by atoms with Crippen LogP contribution in [0.15, 0.2) is 53.7 Å². The predicted octanol–water partition coefficient (Wildman–Crippen LogP) is 5.19. The van der Waals surface area contributed by atoms with Crippen molar-refractivity contribution < 1.29 is 9.18 Å². The lowest BCUT2D eigenvalue weighted by atomic mass is 10.1. The molecule has 6 heteroatoms. The van der Waals surface area contributed by atoms with Crippen LogP contribution in [0.25, 0.3) is 11.0 Å². The summed E-state index contributed by atoms with van der Waals surface area (Å²) in [7, 11) is 0. The fourth-order valence-corrected chi connectivity index (χ4v) is 4.00. The van der Waals surface area contributed by atoms with E-state index in [0.717, 1.165) is 28.3 Å². The normalized spacial score (nSPS) is 13.6. The summed E-state index contributed by atoms with van der Waals surface area (Å²) in [5, 5.41) is 3.56. The minimum atomic E-state index is -0.300. The zero-order chi connectivity index (χ0) is 20.3. The molecule has 1 amide bonds. The first-order valence-electron chi connectivity index (χ1n) is 9.53. The molecule has 148 valence electrons. The van der Waals surface area contributed by atoms with Crippen molar-refractivity contribution in [1.82, 2.24) is 14.9 Å². The third kappa shape index (κ3) is 4.73. The van der Waals surface area contributed by atoms with Gasteiger partial charge in [0.15, 0.2) is 5.16 Å². The molecule has 3 aromatic rings. The van der Waals surface area contributed by atoms with Crippen LogP contribution in [-0.4, -0.2) is 20.7 Å². The number of fused-ring (bicyclic) bond motifs is 1. The summed E-state index contributed by atoms with van der Waals surface area (Å²) in [6, 6.07) is 14.1. The van der Waals surface area contributed by atoms with Crippen molar-refractivity contribution in [2.24, 2.45) is 5.92 Å². The van der Waals surface area contributed by atoms with Gasteiger partial charge in [-0.3, -0.25) is 4.79 Å². The van der Waals surface area contributed by atoms with E-state index in [2.05, 4.69) is 29.8 Å². The summed E-state index contributed by atoms with van der Waals surface area (Å²) in [4.78, 5) is 17.4. The molecule has 1 N–H and O–H groups in total. The highest BCUT2D eigenvalue weighted by atomic mass is 32.2. The maximum Gasteiger partial charge on any atom is 0.233 e. The van der Waals surface area contributed by atoms with E-state index < -0.39 is 0 Å². The van der Waals surface area contributed by atoms with E-state index in [0.29, 0.717) is 5.92 Å². The standard InChI is InChI=1S/C22H26FN3OS/c1-14(2)13-26-20-8-6-5-7-19(20)25-22(26)28-16(4)21(27)24-15(3)17-9-11-18(23)12-10-17/h5-12,14-16H,13H2,1-4H3,(H,24,27)/t15-,16-/m0/s1. The molecule has 0 aliphatic heterocycles. The maximum absolute atomic E-state index is 13.1. The maximum atomic E-state index is 13.1. The first-order chi connectivity index (χ1) is 13.3. The Morgan fingerprint density at radius 2 is 1.79 bits per heavy atom. The second kappa shape index (κ2) is 8.78. The van der Waals surface area contributed by atoms with Crippen molar-refractivity contribution in [2.75, 3.05) is 0 Å². The van der Waals surface area contributed by atoms with Crippen LogP contribution < -0.4 is 5.32 Å². The van der Waals surface area contributed by atoms with Crippen LogP contribution in [0.3, 0.4) is 0 Å². The molecule has 4 nitrogen and oxygen atoms in total. The summed E-state index contributed by atoms with van der Waals surface area (Å²) in [6.07, 6.45) is 0. The van der Waals surface area contributed by atoms with Crippen LogP contribution in [0, 0.1) is 11.7 Å². The van der Waals surface area contributed by atoms with Crippen molar-refractivity contribution in [3.05, 3.63) is 59.9 Å². The second-order valence-corrected chi connectivity index (χ2v) is 8.74. The minimum absolute atomic E-state index is 0.0648. The van der Waals surface area contributed by atoms with Crippen molar-refractivity contribution in [3.63, 3.8) is 0 Å². The van der Waals surface area contributed by atoms with E-state index in [4.69, 9.17) is 4.98 Å². The van der Waals surface area contributed by atoms with Crippen LogP contribution in [0.1, 0.15) is 39.3 Å². The van der Waals surface area contributed by atoms with E-state index in [1.165, 1.54) is 23.9 Å². The number of aromatic nitrogens is 2. The molecule has 1 heterocycles. The number of hydrogen-bond acceptors (Lipinski definition) is 3. The average Bonchev–Trinajstić information content (AvgIpc) is 2.99. The second-order valence-electron chi connectivity index (χ2n) is 7.43. The lowest BCUT2D eigenvalue weighted by molar-refractivity contribution is -0.120. The Morgan fingerprint density at radius 3 is 2.46 bits per heavy atom. The summed E-state index contributed by atoms with van der Waals surface area (Å²) in [6.45, 7) is 8.98. The highest BCUT2D eigenvalue weighted by molar-refractivity contribution is 8.00. The largest absolute Gasteiger partial charge is 0.349 e. The number of halogens is 1. The zero-order valence-electron chi connectivity index (χ0n) is 16.6. The number of rotatable bonds is 7. The van der Waals surface area contributed by atoms with Crippen molar-refractivity contribution >= 4 is 28.7 Å². The average molecular weight is 400 g/mol. The van der Waals surface area contributed by atoms with Crippen LogP contribution in [-0.2, 0) is 11.3 Å². The fourth-order valence-electron chi connectivity index (χ4n) is 3.06. The number of thioether (sulfide) groups is 1. The van der Waals surface area contributed by atoms with E-state index in [9.17, 15) is 9.18 Å². The molecule has 3 rings (SSSR count). The Morgan fingerprint density at radius 1 is 1.11 bits per heavy atom. The van der Waals surface area contributed by atoms with Gasteiger partial charge in [0.1, 0.15) is 5.82 Å². The molecule has 1 aromatic heterocycles. The molecule has 0 radical (unpaired) electrons. The topological polar surface area (TPSA) is 46.9 Å². The first kappa shape index (κ1) is 20.4. The van der Waals surface area contributed by atoms with Gasteiger partial charge in [0, 0.05) is 6.54 Å². The molecule has 0 unspecified atom stereocenters. The van der Waals surface area contributed by atoms with E-state index in [1.807, 2.05) is 32.0 Å². The van der Waals surface area contributed by atoms with Crippen LogP contribution in [0.4, 0.5) is 4.39 Å². The Labute approximate surface area is 169 Å². The smallest absolute Gasteiger partial charge is 0.233 e. The quantitative estimate of drug-likeness (QED) is 0.556. The number of benzene rings is 2. The molecule has 0 fully saturated rings. The third-order valence-corrected chi connectivity index (χ3v) is 5.64. The van der Waals surface area contributed by atoms with Gasteiger partial charge in [-0.25, -0.2) is 9.37 Å². The molecule has 28 heavy (non-hydrogen) atoms. The van der Waals surface area contributed by atoms with Gasteiger partial charge in [-0.15, -0.1) is 0 Å². The number of hydrogen-bond donors (Lipinski definition) is 1. The Hall–Kier alpha value is -2.34. The van der Waals surface area contributed by atoms with E-state index in [-0.39, 0.29) is 23.0 Å².